The van der Waals surface area contributed by atoms with Crippen molar-refractivity contribution in [2.24, 2.45) is 0 Å². The van der Waals surface area contributed by atoms with Crippen LogP contribution in [0.4, 0.5) is 5.13 Å². The van der Waals surface area contributed by atoms with Crippen LogP contribution in [0.3, 0.4) is 0 Å². The standard InChI is InChI=1S/C16H11BrN2OS/c17-12-7-8-13-14(10-12)21-16(18-13)19-15(20)9-6-11-4-2-1-3-5-11/h1-10H,(H,18,19,20). The average molecular weight is 359 g/mol. The van der Waals surface area contributed by atoms with E-state index in [4.69, 9.17) is 0 Å². The summed E-state index contributed by atoms with van der Waals surface area (Å²) < 4.78 is 2.03. The SMILES string of the molecule is O=C(C=Cc1ccccc1)Nc1nc2ccc(Br)cc2s1. The smallest absolute Gasteiger partial charge is 0.250 e. The molecular formula is C16H11BrN2OS. The zero-order chi connectivity index (χ0) is 14.7. The number of nitrogens with one attached hydrogen (secondary N) is 1. The van der Waals surface area contributed by atoms with Crippen LogP contribution < -0.4 is 5.32 Å². The van der Waals surface area contributed by atoms with E-state index in [1.165, 1.54) is 17.4 Å². The number of aromatic nitrogens is 1. The number of benzene rings is 2. The fourth-order valence-electron chi connectivity index (χ4n) is 1.84. The summed E-state index contributed by atoms with van der Waals surface area (Å²) in [6.07, 6.45) is 3.29. The van der Waals surface area contributed by atoms with Crippen molar-refractivity contribution in [3.63, 3.8) is 0 Å². The lowest BCUT2D eigenvalue weighted by Gasteiger charge is -1.95. The molecule has 0 fully saturated rings. The highest BCUT2D eigenvalue weighted by Crippen LogP contribution is 2.28. The van der Waals surface area contributed by atoms with Crippen LogP contribution in [0.25, 0.3) is 16.3 Å². The van der Waals surface area contributed by atoms with Gasteiger partial charge in [-0.05, 0) is 29.8 Å². The molecule has 3 aromatic rings. The molecule has 1 amide bonds. The maximum absolute atomic E-state index is 11.9. The van der Waals surface area contributed by atoms with E-state index >= 15 is 0 Å². The molecule has 0 atom stereocenters. The lowest BCUT2D eigenvalue weighted by molar-refractivity contribution is -0.111. The number of amides is 1. The van der Waals surface area contributed by atoms with Crippen molar-refractivity contribution >= 4 is 54.6 Å². The number of anilines is 1. The summed E-state index contributed by atoms with van der Waals surface area (Å²) in [5.74, 6) is -0.183. The molecule has 0 bridgehead atoms. The van der Waals surface area contributed by atoms with Crippen LogP contribution >= 0.6 is 27.3 Å². The third kappa shape index (κ3) is 3.56. The van der Waals surface area contributed by atoms with Gasteiger partial charge < -0.3 is 0 Å². The number of hydrogen-bond donors (Lipinski definition) is 1. The summed E-state index contributed by atoms with van der Waals surface area (Å²) in [7, 11) is 0. The van der Waals surface area contributed by atoms with Crippen LogP contribution in [-0.4, -0.2) is 10.9 Å². The maximum Gasteiger partial charge on any atom is 0.250 e. The molecule has 1 heterocycles. The van der Waals surface area contributed by atoms with E-state index in [1.807, 2.05) is 48.5 Å². The van der Waals surface area contributed by atoms with Gasteiger partial charge in [-0.3, -0.25) is 10.1 Å². The molecule has 0 unspecified atom stereocenters. The minimum atomic E-state index is -0.183. The summed E-state index contributed by atoms with van der Waals surface area (Å²) in [4.78, 5) is 16.3. The molecule has 104 valence electrons. The number of thiazole rings is 1. The topological polar surface area (TPSA) is 42.0 Å². The molecule has 3 nitrogen and oxygen atoms in total. The van der Waals surface area contributed by atoms with Crippen molar-refractivity contribution in [3.8, 4) is 0 Å². The number of carbonyl (C=O) groups excluding carboxylic acids is 1. The molecule has 0 aliphatic heterocycles. The molecule has 0 spiro atoms. The molecule has 2 aromatic carbocycles. The van der Waals surface area contributed by atoms with E-state index in [2.05, 4.69) is 26.2 Å². The first-order valence-electron chi connectivity index (χ1n) is 6.31. The highest BCUT2D eigenvalue weighted by molar-refractivity contribution is 9.10. The Labute approximate surface area is 134 Å². The Morgan fingerprint density at radius 3 is 2.81 bits per heavy atom. The van der Waals surface area contributed by atoms with Crippen molar-refractivity contribution in [2.45, 2.75) is 0 Å². The van der Waals surface area contributed by atoms with Gasteiger partial charge in [0.2, 0.25) is 5.91 Å². The quantitative estimate of drug-likeness (QED) is 0.688. The largest absolute Gasteiger partial charge is 0.298 e. The second-order valence-corrected chi connectivity index (χ2v) is 6.31. The summed E-state index contributed by atoms with van der Waals surface area (Å²) in [5.41, 5.74) is 1.87. The number of rotatable bonds is 3. The third-order valence-corrected chi connectivity index (χ3v) is 4.23. The molecule has 1 aromatic heterocycles. The summed E-state index contributed by atoms with van der Waals surface area (Å²) >= 11 is 4.88. The molecule has 0 aliphatic rings. The molecule has 3 rings (SSSR count). The first kappa shape index (κ1) is 14.0. The minimum Gasteiger partial charge on any atom is -0.298 e. The number of hydrogen-bond acceptors (Lipinski definition) is 3. The van der Waals surface area contributed by atoms with Crippen molar-refractivity contribution in [3.05, 3.63) is 64.6 Å². The van der Waals surface area contributed by atoms with Crippen LogP contribution in [-0.2, 0) is 4.79 Å². The van der Waals surface area contributed by atoms with E-state index in [0.29, 0.717) is 5.13 Å². The van der Waals surface area contributed by atoms with Gasteiger partial charge in [-0.25, -0.2) is 4.98 Å². The third-order valence-electron chi connectivity index (χ3n) is 2.81. The molecule has 21 heavy (non-hydrogen) atoms. The number of nitrogens with zero attached hydrogens (tertiary/aromatic N) is 1. The highest BCUT2D eigenvalue weighted by Gasteiger charge is 2.06. The van der Waals surface area contributed by atoms with Gasteiger partial charge in [0.1, 0.15) is 0 Å². The van der Waals surface area contributed by atoms with Crippen molar-refractivity contribution in [2.75, 3.05) is 5.32 Å². The Morgan fingerprint density at radius 2 is 2.00 bits per heavy atom. The highest BCUT2D eigenvalue weighted by atomic mass is 79.9. The van der Waals surface area contributed by atoms with Crippen LogP contribution in [0.1, 0.15) is 5.56 Å². The summed E-state index contributed by atoms with van der Waals surface area (Å²) in [6, 6.07) is 15.5. The molecule has 0 saturated heterocycles. The fraction of sp³-hybridized carbons (Fsp3) is 0. The van der Waals surface area contributed by atoms with E-state index in [1.54, 1.807) is 6.08 Å². The Balaban J connectivity index is 1.73. The monoisotopic (exact) mass is 358 g/mol. The Bertz CT molecular complexity index is 812. The number of carbonyl (C=O) groups is 1. The van der Waals surface area contributed by atoms with Gasteiger partial charge in [-0.1, -0.05) is 57.6 Å². The normalized spacial score (nSPS) is 11.1. The average Bonchev–Trinajstić information content (AvgIpc) is 2.87. The van der Waals surface area contributed by atoms with E-state index in [-0.39, 0.29) is 5.91 Å². The lowest BCUT2D eigenvalue weighted by atomic mass is 10.2. The van der Waals surface area contributed by atoms with E-state index < -0.39 is 0 Å². The molecular weight excluding hydrogens is 348 g/mol. The summed E-state index contributed by atoms with van der Waals surface area (Å²) in [5, 5.41) is 3.39. The molecule has 0 aliphatic carbocycles. The van der Waals surface area contributed by atoms with Crippen molar-refractivity contribution < 1.29 is 4.79 Å². The zero-order valence-electron chi connectivity index (χ0n) is 10.9. The van der Waals surface area contributed by atoms with E-state index in [0.717, 1.165) is 20.3 Å². The summed E-state index contributed by atoms with van der Waals surface area (Å²) in [6.45, 7) is 0. The van der Waals surface area contributed by atoms with Gasteiger partial charge in [0.15, 0.2) is 5.13 Å². The lowest BCUT2D eigenvalue weighted by Crippen LogP contribution is -2.07. The van der Waals surface area contributed by atoms with Crippen molar-refractivity contribution in [1.29, 1.82) is 0 Å². The Kier molecular flexibility index (Phi) is 4.13. The number of halogens is 1. The molecule has 0 radical (unpaired) electrons. The van der Waals surface area contributed by atoms with Gasteiger partial charge in [0, 0.05) is 10.5 Å². The molecule has 1 N–H and O–H groups in total. The van der Waals surface area contributed by atoms with Gasteiger partial charge in [-0.15, -0.1) is 0 Å². The fourth-order valence-corrected chi connectivity index (χ4v) is 3.26. The zero-order valence-corrected chi connectivity index (χ0v) is 13.3. The first-order chi connectivity index (χ1) is 10.2. The van der Waals surface area contributed by atoms with Gasteiger partial charge in [-0.2, -0.15) is 0 Å². The molecule has 5 heteroatoms. The van der Waals surface area contributed by atoms with Crippen LogP contribution in [0.2, 0.25) is 0 Å². The van der Waals surface area contributed by atoms with E-state index in [9.17, 15) is 4.79 Å². The minimum absolute atomic E-state index is 0.183. The predicted molar refractivity (Wildman–Crippen MR) is 91.4 cm³/mol. The van der Waals surface area contributed by atoms with Crippen LogP contribution in [0.15, 0.2) is 59.1 Å². The van der Waals surface area contributed by atoms with Gasteiger partial charge in [0.25, 0.3) is 0 Å². The maximum atomic E-state index is 11.9. The van der Waals surface area contributed by atoms with Gasteiger partial charge in [0.05, 0.1) is 10.2 Å². The second kappa shape index (κ2) is 6.20. The Morgan fingerprint density at radius 1 is 1.19 bits per heavy atom. The van der Waals surface area contributed by atoms with Crippen LogP contribution in [0, 0.1) is 0 Å². The van der Waals surface area contributed by atoms with Gasteiger partial charge >= 0.3 is 0 Å². The first-order valence-corrected chi connectivity index (χ1v) is 7.92. The second-order valence-electron chi connectivity index (χ2n) is 4.36. The van der Waals surface area contributed by atoms with Crippen molar-refractivity contribution in [1.82, 2.24) is 4.98 Å². The number of fused-ring (bicyclic) bond motifs is 1. The molecule has 0 saturated carbocycles. The Hall–Kier alpha value is -1.98. The van der Waals surface area contributed by atoms with Crippen LogP contribution in [0.5, 0.6) is 0 Å². The predicted octanol–water partition coefficient (Wildman–Crippen LogP) is 4.71.